The van der Waals surface area contributed by atoms with Crippen LogP contribution in [-0.2, 0) is 33.3 Å². The minimum absolute atomic E-state index is 0.119. The molecule has 18 heteroatoms. The zero-order chi connectivity index (χ0) is 25.4. The number of nitrogens with zero attached hydrogens (tertiary/aromatic N) is 2. The Hall–Kier alpha value is -1.31. The lowest BCUT2D eigenvalue weighted by atomic mass is 10.3. The lowest BCUT2D eigenvalue weighted by Gasteiger charge is -2.28. The highest BCUT2D eigenvalue weighted by Gasteiger charge is 2.53. The van der Waals surface area contributed by atoms with Crippen molar-refractivity contribution in [3.8, 4) is 0 Å². The minimum atomic E-state index is -6.72. The molecule has 1 aromatic heterocycles. The van der Waals surface area contributed by atoms with Crippen LogP contribution >= 0.6 is 0 Å². The molecule has 0 radical (unpaired) electrons. The lowest BCUT2D eigenvalue weighted by molar-refractivity contribution is -0.710. The van der Waals surface area contributed by atoms with Gasteiger partial charge in [0.2, 0.25) is 5.67 Å². The maximum absolute atomic E-state index is 11.4. The van der Waals surface area contributed by atoms with Gasteiger partial charge in [-0.1, -0.05) is 13.0 Å². The average Bonchev–Trinajstić information content (AvgIpc) is 2.67. The largest absolute Gasteiger partial charge is 0.572 e. The van der Waals surface area contributed by atoms with Crippen molar-refractivity contribution < 1.29 is 61.0 Å². The van der Waals surface area contributed by atoms with Crippen LogP contribution in [0, 0.1) is 0 Å². The fourth-order valence-electron chi connectivity index (χ4n) is 2.27. The number of sulfonamides is 2. The highest BCUT2D eigenvalue weighted by atomic mass is 32.3. The third kappa shape index (κ3) is 7.92. The van der Waals surface area contributed by atoms with Crippen molar-refractivity contribution in [2.75, 3.05) is 21.3 Å². The van der Waals surface area contributed by atoms with Gasteiger partial charge >= 0.3 is 19.8 Å². The van der Waals surface area contributed by atoms with Crippen molar-refractivity contribution in [3.63, 3.8) is 0 Å². The Bertz CT molecular complexity index is 857. The van der Waals surface area contributed by atoms with Crippen LogP contribution in [0.2, 0.25) is 0 Å². The summed E-state index contributed by atoms with van der Waals surface area (Å²) in [6.45, 7) is 2.15. The molecule has 0 aliphatic heterocycles. The Morgan fingerprint density at radius 3 is 1.50 bits per heavy atom. The van der Waals surface area contributed by atoms with Gasteiger partial charge in [0.1, 0.15) is 0 Å². The van der Waals surface area contributed by atoms with Gasteiger partial charge in [0.05, 0.1) is 0 Å². The first-order valence-corrected chi connectivity index (χ1v) is 13.1. The fourth-order valence-corrected chi connectivity index (χ4v) is 6.48. The third-order valence-electron chi connectivity index (χ3n) is 3.70. The Morgan fingerprint density at radius 2 is 1.22 bits per heavy atom. The molecule has 1 atom stereocenters. The number of rotatable bonds is 9. The molecule has 0 aliphatic carbocycles. The predicted molar refractivity (Wildman–Crippen MR) is 101 cm³/mol. The molecule has 0 N–H and O–H groups in total. The molecule has 0 bridgehead atoms. The first-order chi connectivity index (χ1) is 14.4. The summed E-state index contributed by atoms with van der Waals surface area (Å²) in [5.41, 5.74) is -12.3. The Kier molecular flexibility index (Phi) is 11.2. The maximum atomic E-state index is 11.4. The summed E-state index contributed by atoms with van der Waals surface area (Å²) in [5.74, 6) is 0. The molecule has 0 aromatic carbocycles. The minimum Gasteiger partial charge on any atom is -0.421 e. The van der Waals surface area contributed by atoms with E-state index in [1.54, 1.807) is 21.3 Å². The maximum Gasteiger partial charge on any atom is 0.572 e. The smallest absolute Gasteiger partial charge is 0.421 e. The van der Waals surface area contributed by atoms with Crippen molar-refractivity contribution in [2.45, 2.75) is 36.4 Å². The van der Waals surface area contributed by atoms with Gasteiger partial charge in [-0.05, 0) is 6.42 Å². The van der Waals surface area contributed by atoms with E-state index in [1.165, 1.54) is 0 Å². The van der Waals surface area contributed by atoms with E-state index < -0.39 is 39.9 Å². The van der Waals surface area contributed by atoms with E-state index in [2.05, 4.69) is 11.5 Å². The molecule has 1 rings (SSSR count). The summed E-state index contributed by atoms with van der Waals surface area (Å²) in [6.07, 6.45) is 6.08. The normalized spacial score (nSPS) is 14.4. The van der Waals surface area contributed by atoms with Crippen molar-refractivity contribution in [3.05, 3.63) is 34.7 Å². The summed E-state index contributed by atoms with van der Waals surface area (Å²) in [7, 11) is -11.1. The van der Waals surface area contributed by atoms with Crippen LogP contribution < -0.4 is 4.57 Å². The van der Waals surface area contributed by atoms with Gasteiger partial charge in [0.25, 0.3) is 0 Å². The molecule has 9 nitrogen and oxygen atoms in total. The summed E-state index contributed by atoms with van der Waals surface area (Å²) >= 11 is 0. The van der Waals surface area contributed by atoms with Gasteiger partial charge in [-0.15, -0.1) is 0 Å². The Labute approximate surface area is 182 Å². The van der Waals surface area contributed by atoms with Gasteiger partial charge in [-0.2, -0.15) is 30.9 Å². The molecule has 0 saturated carbocycles. The highest BCUT2D eigenvalue weighted by molar-refractivity contribution is 8.13. The van der Waals surface area contributed by atoms with E-state index in [9.17, 15) is 43.2 Å². The van der Waals surface area contributed by atoms with Gasteiger partial charge in [0.15, 0.2) is 32.4 Å². The first-order valence-electron chi connectivity index (χ1n) is 8.42. The molecule has 1 unspecified atom stereocenters. The van der Waals surface area contributed by atoms with Crippen LogP contribution in [0.15, 0.2) is 30.6 Å². The zero-order valence-corrected chi connectivity index (χ0v) is 19.8. The molecule has 1 heterocycles. The van der Waals surface area contributed by atoms with E-state index >= 15 is 0 Å². The molecule has 0 fully saturated rings. The molecule has 188 valence electrons. The Balaban J connectivity index is 0.000000607. The molecular formula is C14H22F6N2O7S2Si. The number of alkyl halides is 6. The van der Waals surface area contributed by atoms with Crippen LogP contribution in [0.1, 0.15) is 25.4 Å². The summed E-state index contributed by atoms with van der Waals surface area (Å²) in [6, 6.07) is 6.00. The van der Waals surface area contributed by atoms with Gasteiger partial charge in [-0.3, -0.25) is 0 Å². The number of aromatic nitrogens is 1. The second-order valence-corrected chi connectivity index (χ2v) is 12.3. The quantitative estimate of drug-likeness (QED) is 0.271. The standard InChI is InChI=1S/C12H22NO3Si.C2F6NO4S2/c1-5-9-12(13-10-7-6-8-11-13)17(14-2,15-3)16-4;3-1(4,5)14(10,11)9-15(12,13)2(6,7)8/h6-8,10-12H,5,9H2,1-4H3;/q+1;-1. The van der Waals surface area contributed by atoms with Crippen LogP contribution in [0.3, 0.4) is 0 Å². The van der Waals surface area contributed by atoms with Crippen molar-refractivity contribution in [2.24, 2.45) is 0 Å². The number of halogens is 6. The Morgan fingerprint density at radius 1 is 0.844 bits per heavy atom. The van der Waals surface area contributed by atoms with E-state index in [-0.39, 0.29) is 5.67 Å². The van der Waals surface area contributed by atoms with Gasteiger partial charge in [-0.25, -0.2) is 16.8 Å². The van der Waals surface area contributed by atoms with Crippen molar-refractivity contribution >= 4 is 28.9 Å². The topological polar surface area (TPSA) is 114 Å². The van der Waals surface area contributed by atoms with Gasteiger partial charge < -0.3 is 17.4 Å². The SMILES string of the molecule is CCCC([n+]1ccccc1)[Si](OC)(OC)OC.O=S(=O)([N-]S(=O)(=O)C(F)(F)F)C(F)(F)F. The van der Waals surface area contributed by atoms with E-state index in [4.69, 9.17) is 13.3 Å². The van der Waals surface area contributed by atoms with E-state index in [0.717, 1.165) is 17.0 Å². The third-order valence-corrected chi connectivity index (χ3v) is 9.55. The summed E-state index contributed by atoms with van der Waals surface area (Å²) < 4.78 is 128. The average molecular weight is 537 g/mol. The fraction of sp³-hybridized carbons (Fsp3) is 0.643. The number of pyridine rings is 1. The monoisotopic (exact) mass is 536 g/mol. The molecular weight excluding hydrogens is 514 g/mol. The zero-order valence-electron chi connectivity index (χ0n) is 17.2. The van der Waals surface area contributed by atoms with Crippen LogP contribution in [0.5, 0.6) is 0 Å². The lowest BCUT2D eigenvalue weighted by Crippen LogP contribution is -2.60. The highest BCUT2D eigenvalue weighted by Crippen LogP contribution is 2.36. The molecule has 1 aromatic rings. The summed E-state index contributed by atoms with van der Waals surface area (Å²) in [4.78, 5) is 0. The van der Waals surface area contributed by atoms with Crippen LogP contribution in [0.25, 0.3) is 4.13 Å². The van der Waals surface area contributed by atoms with Crippen molar-refractivity contribution in [1.29, 1.82) is 0 Å². The predicted octanol–water partition coefficient (Wildman–Crippen LogP) is 2.79. The molecule has 32 heavy (non-hydrogen) atoms. The summed E-state index contributed by atoms with van der Waals surface area (Å²) in [5, 5.41) is 0. The van der Waals surface area contributed by atoms with E-state index in [0.29, 0.717) is 0 Å². The second kappa shape index (κ2) is 11.7. The molecule has 0 saturated heterocycles. The number of hydrogen-bond acceptors (Lipinski definition) is 7. The van der Waals surface area contributed by atoms with Crippen LogP contribution in [0.4, 0.5) is 26.3 Å². The van der Waals surface area contributed by atoms with Crippen molar-refractivity contribution in [1.82, 2.24) is 0 Å². The van der Waals surface area contributed by atoms with E-state index in [1.807, 2.05) is 30.6 Å². The molecule has 0 amide bonds. The molecule has 0 spiro atoms. The second-order valence-electron chi connectivity index (χ2n) is 5.76. The van der Waals surface area contributed by atoms with Gasteiger partial charge in [0, 0.05) is 39.9 Å². The number of hydrogen-bond donors (Lipinski definition) is 0. The van der Waals surface area contributed by atoms with Crippen LogP contribution in [-0.4, -0.2) is 58.0 Å². The first kappa shape index (κ1) is 30.7. The molecule has 0 aliphatic rings.